The van der Waals surface area contributed by atoms with E-state index in [0.717, 1.165) is 0 Å². The molecule has 1 aromatic carbocycles. The van der Waals surface area contributed by atoms with Gasteiger partial charge in [-0.15, -0.1) is 0 Å². The van der Waals surface area contributed by atoms with Crippen LogP contribution in [0.15, 0.2) is 51.6 Å². The molecular weight excluding hydrogens is 390 g/mol. The van der Waals surface area contributed by atoms with Gasteiger partial charge in [0.2, 0.25) is 5.91 Å². The quantitative estimate of drug-likeness (QED) is 0.429. The summed E-state index contributed by atoms with van der Waals surface area (Å²) in [5.74, 6) is -0.605. The molecule has 0 radical (unpaired) electrons. The third kappa shape index (κ3) is 6.04. The first kappa shape index (κ1) is 18.7. The first-order chi connectivity index (χ1) is 12.0. The number of rotatable bonds is 7. The minimum atomic E-state index is -0.646. The Labute approximate surface area is 153 Å². The van der Waals surface area contributed by atoms with Crippen molar-refractivity contribution in [2.45, 2.75) is 13.3 Å². The molecule has 0 saturated heterocycles. The summed E-state index contributed by atoms with van der Waals surface area (Å²) in [6.07, 6.45) is 3.00. The molecule has 7 heteroatoms. The maximum Gasteiger partial charge on any atom is 0.331 e. The van der Waals surface area contributed by atoms with Crippen LogP contribution in [0.3, 0.4) is 0 Å². The van der Waals surface area contributed by atoms with Crippen LogP contribution in [0.5, 0.6) is 0 Å². The first-order valence-electron chi connectivity index (χ1n) is 7.51. The predicted octanol–water partition coefficient (Wildman–Crippen LogP) is 3.83. The van der Waals surface area contributed by atoms with Crippen molar-refractivity contribution in [2.24, 2.45) is 0 Å². The fraction of sp³-hybridized carbons (Fsp3) is 0.167. The predicted molar refractivity (Wildman–Crippen MR) is 96.1 cm³/mol. The van der Waals surface area contributed by atoms with Crippen LogP contribution < -0.4 is 5.32 Å². The van der Waals surface area contributed by atoms with Gasteiger partial charge < -0.3 is 14.5 Å². The molecule has 2 rings (SSSR count). The van der Waals surface area contributed by atoms with E-state index in [4.69, 9.17) is 9.15 Å². The van der Waals surface area contributed by atoms with Gasteiger partial charge in [0.05, 0.1) is 0 Å². The van der Waals surface area contributed by atoms with Crippen molar-refractivity contribution < 1.29 is 23.5 Å². The average Bonchev–Trinajstić information content (AvgIpc) is 3.03. The number of carbonyl (C=O) groups is 3. The van der Waals surface area contributed by atoms with Gasteiger partial charge in [0.1, 0.15) is 5.76 Å². The number of hydrogen-bond donors (Lipinski definition) is 1. The molecule has 0 aliphatic carbocycles. The van der Waals surface area contributed by atoms with Gasteiger partial charge in [-0.25, -0.2) is 4.79 Å². The molecule has 0 spiro atoms. The summed E-state index contributed by atoms with van der Waals surface area (Å²) in [5, 5.41) is 2.69. The zero-order valence-corrected chi connectivity index (χ0v) is 15.0. The maximum absolute atomic E-state index is 12.0. The standard InChI is InChI=1S/C18H16BrNO5/c1-2-17(22)20-13-5-3-12(4-6-13)15(21)11-24-18(23)10-8-14-7-9-16(19)25-14/h3-10H,2,11H2,1H3,(H,20,22)/b10-8+. The lowest BCUT2D eigenvalue weighted by Gasteiger charge is -2.05. The molecule has 0 unspecified atom stereocenters. The minimum Gasteiger partial charge on any atom is -0.454 e. The smallest absolute Gasteiger partial charge is 0.331 e. The molecule has 1 aromatic heterocycles. The molecule has 0 aliphatic heterocycles. The highest BCUT2D eigenvalue weighted by molar-refractivity contribution is 9.10. The minimum absolute atomic E-state index is 0.108. The molecule has 0 aliphatic rings. The first-order valence-corrected chi connectivity index (χ1v) is 8.30. The van der Waals surface area contributed by atoms with Crippen LogP contribution in [-0.2, 0) is 14.3 Å². The van der Waals surface area contributed by atoms with E-state index in [1.54, 1.807) is 43.3 Å². The second kappa shape index (κ2) is 8.98. The Hall–Kier alpha value is -2.67. The van der Waals surface area contributed by atoms with Crippen LogP contribution in [0.2, 0.25) is 0 Å². The van der Waals surface area contributed by atoms with E-state index in [-0.39, 0.29) is 18.3 Å². The molecule has 1 heterocycles. The van der Waals surface area contributed by atoms with Crippen molar-refractivity contribution in [3.8, 4) is 0 Å². The van der Waals surface area contributed by atoms with Crippen molar-refractivity contribution in [1.29, 1.82) is 0 Å². The number of anilines is 1. The Morgan fingerprint density at radius 3 is 2.48 bits per heavy atom. The van der Waals surface area contributed by atoms with E-state index in [1.807, 2.05) is 0 Å². The van der Waals surface area contributed by atoms with E-state index < -0.39 is 5.97 Å². The van der Waals surface area contributed by atoms with Crippen molar-refractivity contribution in [1.82, 2.24) is 0 Å². The fourth-order valence-electron chi connectivity index (χ4n) is 1.82. The topological polar surface area (TPSA) is 85.6 Å². The van der Waals surface area contributed by atoms with Crippen LogP contribution in [0, 0.1) is 0 Å². The summed E-state index contributed by atoms with van der Waals surface area (Å²) in [4.78, 5) is 34.9. The second-order valence-corrected chi connectivity index (χ2v) is 5.77. The number of ketones is 1. The Kier molecular flexibility index (Phi) is 6.71. The Morgan fingerprint density at radius 1 is 1.16 bits per heavy atom. The van der Waals surface area contributed by atoms with Gasteiger partial charge in [0.15, 0.2) is 17.1 Å². The van der Waals surface area contributed by atoms with Gasteiger partial charge in [-0.2, -0.15) is 0 Å². The number of furan rings is 1. The van der Waals surface area contributed by atoms with E-state index >= 15 is 0 Å². The van der Waals surface area contributed by atoms with Gasteiger partial charge in [-0.1, -0.05) is 6.92 Å². The highest BCUT2D eigenvalue weighted by Gasteiger charge is 2.09. The zero-order valence-electron chi connectivity index (χ0n) is 13.5. The van der Waals surface area contributed by atoms with Crippen molar-refractivity contribution >= 4 is 45.4 Å². The van der Waals surface area contributed by atoms with Crippen molar-refractivity contribution in [3.63, 3.8) is 0 Å². The number of esters is 1. The molecular formula is C18H16BrNO5. The highest BCUT2D eigenvalue weighted by atomic mass is 79.9. The molecule has 0 fully saturated rings. The number of nitrogens with one attached hydrogen (secondary N) is 1. The third-order valence-corrected chi connectivity index (χ3v) is 3.56. The summed E-state index contributed by atoms with van der Waals surface area (Å²) in [6.45, 7) is 1.38. The molecule has 1 amide bonds. The lowest BCUT2D eigenvalue weighted by molar-refractivity contribution is -0.136. The van der Waals surface area contributed by atoms with Crippen LogP contribution in [0.4, 0.5) is 5.69 Å². The molecule has 0 bridgehead atoms. The van der Waals surface area contributed by atoms with Crippen molar-refractivity contribution in [2.75, 3.05) is 11.9 Å². The van der Waals surface area contributed by atoms with E-state index in [2.05, 4.69) is 21.2 Å². The van der Waals surface area contributed by atoms with E-state index in [0.29, 0.717) is 28.1 Å². The van der Waals surface area contributed by atoms with Crippen LogP contribution >= 0.6 is 15.9 Å². The second-order valence-electron chi connectivity index (χ2n) is 4.99. The summed E-state index contributed by atoms with van der Waals surface area (Å²) in [6, 6.07) is 9.75. The number of ether oxygens (including phenoxy) is 1. The molecule has 6 nitrogen and oxygen atoms in total. The number of benzene rings is 1. The van der Waals surface area contributed by atoms with Gasteiger partial charge in [-0.05, 0) is 58.4 Å². The summed E-state index contributed by atoms with van der Waals surface area (Å²) in [7, 11) is 0. The lowest BCUT2D eigenvalue weighted by atomic mass is 10.1. The summed E-state index contributed by atoms with van der Waals surface area (Å²) in [5.41, 5.74) is 0.995. The Bertz CT molecular complexity index is 792. The zero-order chi connectivity index (χ0) is 18.2. The molecule has 2 aromatic rings. The van der Waals surface area contributed by atoms with Crippen LogP contribution in [-0.4, -0.2) is 24.3 Å². The van der Waals surface area contributed by atoms with Crippen molar-refractivity contribution in [3.05, 3.63) is 58.5 Å². The molecule has 0 atom stereocenters. The van der Waals surface area contributed by atoms with E-state index in [9.17, 15) is 14.4 Å². The lowest BCUT2D eigenvalue weighted by Crippen LogP contribution is -2.13. The SMILES string of the molecule is CCC(=O)Nc1ccc(C(=O)COC(=O)/C=C/c2ccc(Br)o2)cc1. The Balaban J connectivity index is 1.84. The van der Waals surface area contributed by atoms with Gasteiger partial charge >= 0.3 is 5.97 Å². The van der Waals surface area contributed by atoms with Crippen LogP contribution in [0.25, 0.3) is 6.08 Å². The number of hydrogen-bond acceptors (Lipinski definition) is 5. The number of amides is 1. The number of halogens is 1. The largest absolute Gasteiger partial charge is 0.454 e. The van der Waals surface area contributed by atoms with E-state index in [1.165, 1.54) is 12.2 Å². The molecule has 25 heavy (non-hydrogen) atoms. The summed E-state index contributed by atoms with van der Waals surface area (Å²) < 4.78 is 10.7. The number of carbonyl (C=O) groups excluding carboxylic acids is 3. The number of Topliss-reactive ketones (excluding diaryl/α,β-unsaturated/α-hetero) is 1. The average molecular weight is 406 g/mol. The van der Waals surface area contributed by atoms with Gasteiger partial charge in [0, 0.05) is 23.7 Å². The monoisotopic (exact) mass is 405 g/mol. The third-order valence-electron chi connectivity index (χ3n) is 3.13. The molecule has 1 N–H and O–H groups in total. The van der Waals surface area contributed by atoms with Crippen LogP contribution in [0.1, 0.15) is 29.5 Å². The molecule has 130 valence electrons. The summed E-state index contributed by atoms with van der Waals surface area (Å²) >= 11 is 3.15. The van der Waals surface area contributed by atoms with Gasteiger partial charge in [-0.3, -0.25) is 9.59 Å². The normalized spacial score (nSPS) is 10.6. The molecule has 0 saturated carbocycles. The highest BCUT2D eigenvalue weighted by Crippen LogP contribution is 2.15. The fourth-order valence-corrected chi connectivity index (χ4v) is 2.14. The Morgan fingerprint density at radius 2 is 1.88 bits per heavy atom. The maximum atomic E-state index is 12.0. The van der Waals surface area contributed by atoms with Gasteiger partial charge in [0.25, 0.3) is 0 Å².